The monoisotopic (exact) mass is 356 g/mol. The summed E-state index contributed by atoms with van der Waals surface area (Å²) in [6.45, 7) is 6.30. The van der Waals surface area contributed by atoms with Crippen LogP contribution in [-0.4, -0.2) is 25.0 Å². The molecule has 132 valence electrons. The predicted octanol–water partition coefficient (Wildman–Crippen LogP) is 3.24. The van der Waals surface area contributed by atoms with Gasteiger partial charge in [0.2, 0.25) is 5.91 Å². The molecule has 3 N–H and O–H groups in total. The highest BCUT2D eigenvalue weighted by Crippen LogP contribution is 2.31. The van der Waals surface area contributed by atoms with Gasteiger partial charge >= 0.3 is 0 Å². The van der Waals surface area contributed by atoms with E-state index in [9.17, 15) is 4.79 Å². The summed E-state index contributed by atoms with van der Waals surface area (Å²) in [4.78, 5) is 19.1. The summed E-state index contributed by atoms with van der Waals surface area (Å²) in [5.41, 5.74) is 2.10. The maximum Gasteiger partial charge on any atom is 0.225 e. The maximum absolute atomic E-state index is 11.9. The van der Waals surface area contributed by atoms with E-state index in [2.05, 4.69) is 53.0 Å². The third-order valence-electron chi connectivity index (χ3n) is 4.16. The van der Waals surface area contributed by atoms with Gasteiger partial charge in [0.15, 0.2) is 5.96 Å². The van der Waals surface area contributed by atoms with E-state index in [1.165, 1.54) is 15.3 Å². The minimum atomic E-state index is 0.0708. The zero-order valence-corrected chi connectivity index (χ0v) is 15.5. The zero-order chi connectivity index (χ0) is 17.6. The number of thiophene rings is 1. The van der Waals surface area contributed by atoms with Crippen molar-refractivity contribution in [1.82, 2.24) is 10.6 Å². The van der Waals surface area contributed by atoms with E-state index >= 15 is 0 Å². The first kappa shape index (κ1) is 17.5. The van der Waals surface area contributed by atoms with Crippen molar-refractivity contribution >= 4 is 28.9 Å². The second-order valence-electron chi connectivity index (χ2n) is 6.12. The summed E-state index contributed by atoms with van der Waals surface area (Å²) in [7, 11) is 0. The third kappa shape index (κ3) is 4.60. The molecule has 5 nitrogen and oxygen atoms in total. The highest BCUT2D eigenvalue weighted by molar-refractivity contribution is 7.11. The SMILES string of the molecule is CCNC(=NCc1ccc(C)s1)NCC1CC(=O)Nc2ccccc21. The van der Waals surface area contributed by atoms with E-state index in [1.807, 2.05) is 18.2 Å². The predicted molar refractivity (Wildman–Crippen MR) is 104 cm³/mol. The van der Waals surface area contributed by atoms with E-state index < -0.39 is 0 Å². The Morgan fingerprint density at radius 2 is 2.12 bits per heavy atom. The standard InChI is InChI=1S/C19H24N4OS/c1-3-20-19(22-12-15-9-8-13(2)25-15)21-11-14-10-18(24)23-17-7-5-4-6-16(14)17/h4-9,14H,3,10-12H2,1-2H3,(H,23,24)(H2,20,21,22). The van der Waals surface area contributed by atoms with Gasteiger partial charge in [-0.2, -0.15) is 0 Å². The molecule has 6 heteroatoms. The number of guanidine groups is 1. The summed E-state index contributed by atoms with van der Waals surface area (Å²) >= 11 is 1.77. The Labute approximate surface area is 152 Å². The molecule has 1 aromatic carbocycles. The number of nitrogens with one attached hydrogen (secondary N) is 3. The van der Waals surface area contributed by atoms with Crippen LogP contribution in [-0.2, 0) is 11.3 Å². The lowest BCUT2D eigenvalue weighted by atomic mass is 9.90. The Balaban J connectivity index is 1.66. The number of hydrogen-bond acceptors (Lipinski definition) is 3. The van der Waals surface area contributed by atoms with Gasteiger partial charge in [-0.3, -0.25) is 4.79 Å². The zero-order valence-electron chi connectivity index (χ0n) is 14.6. The number of carbonyl (C=O) groups excluding carboxylic acids is 1. The van der Waals surface area contributed by atoms with E-state index in [1.54, 1.807) is 11.3 Å². The second kappa shape index (κ2) is 8.16. The van der Waals surface area contributed by atoms with Crippen LogP contribution in [0.15, 0.2) is 41.4 Å². The van der Waals surface area contributed by atoms with Crippen molar-refractivity contribution in [2.75, 3.05) is 18.4 Å². The number of aliphatic imine (C=N–C) groups is 1. The van der Waals surface area contributed by atoms with Crippen LogP contribution in [0.3, 0.4) is 0 Å². The molecule has 1 unspecified atom stereocenters. The highest BCUT2D eigenvalue weighted by atomic mass is 32.1. The van der Waals surface area contributed by atoms with Crippen LogP contribution in [0.1, 0.15) is 34.6 Å². The van der Waals surface area contributed by atoms with Crippen LogP contribution in [0.2, 0.25) is 0 Å². The van der Waals surface area contributed by atoms with Crippen LogP contribution in [0.4, 0.5) is 5.69 Å². The molecule has 2 aromatic rings. The molecule has 1 aliphatic rings. The molecule has 2 heterocycles. The first-order valence-corrected chi connectivity index (χ1v) is 9.43. The topological polar surface area (TPSA) is 65.5 Å². The second-order valence-corrected chi connectivity index (χ2v) is 7.50. The maximum atomic E-state index is 11.9. The van der Waals surface area contributed by atoms with E-state index in [0.717, 1.165) is 18.2 Å². The Bertz CT molecular complexity index is 768. The molecule has 0 spiro atoms. The molecular formula is C19H24N4OS. The van der Waals surface area contributed by atoms with Crippen LogP contribution >= 0.6 is 11.3 Å². The number of carbonyl (C=O) groups is 1. The number of aryl methyl sites for hydroxylation is 1. The molecular weight excluding hydrogens is 332 g/mol. The number of fused-ring (bicyclic) bond motifs is 1. The molecule has 0 saturated heterocycles. The Morgan fingerprint density at radius 1 is 1.28 bits per heavy atom. The van der Waals surface area contributed by atoms with Gasteiger partial charge < -0.3 is 16.0 Å². The smallest absolute Gasteiger partial charge is 0.225 e. The van der Waals surface area contributed by atoms with E-state index in [4.69, 9.17) is 0 Å². The van der Waals surface area contributed by atoms with Gasteiger partial charge in [-0.25, -0.2) is 4.99 Å². The highest BCUT2D eigenvalue weighted by Gasteiger charge is 2.24. The number of rotatable bonds is 5. The van der Waals surface area contributed by atoms with Gasteiger partial charge in [-0.1, -0.05) is 18.2 Å². The largest absolute Gasteiger partial charge is 0.357 e. The summed E-state index contributed by atoms with van der Waals surface area (Å²) in [5.74, 6) is 1.01. The van der Waals surface area contributed by atoms with Crippen LogP contribution in [0.5, 0.6) is 0 Å². The van der Waals surface area contributed by atoms with Crippen LogP contribution in [0, 0.1) is 6.92 Å². The first-order valence-electron chi connectivity index (χ1n) is 8.62. The van der Waals surface area contributed by atoms with Crippen molar-refractivity contribution in [2.24, 2.45) is 4.99 Å². The number of hydrogen-bond donors (Lipinski definition) is 3. The molecule has 0 bridgehead atoms. The molecule has 0 fully saturated rings. The average molecular weight is 356 g/mol. The van der Waals surface area contributed by atoms with Crippen molar-refractivity contribution < 1.29 is 4.79 Å². The first-order chi connectivity index (χ1) is 12.2. The molecule has 0 radical (unpaired) electrons. The van der Waals surface area contributed by atoms with Gasteiger partial charge in [-0.05, 0) is 37.6 Å². The van der Waals surface area contributed by atoms with Crippen LogP contribution in [0.25, 0.3) is 0 Å². The van der Waals surface area contributed by atoms with Gasteiger partial charge in [0, 0.05) is 40.9 Å². The third-order valence-corrected chi connectivity index (χ3v) is 5.14. The van der Waals surface area contributed by atoms with Gasteiger partial charge in [0.05, 0.1) is 6.54 Å². The summed E-state index contributed by atoms with van der Waals surface area (Å²) in [6.07, 6.45) is 0.494. The van der Waals surface area contributed by atoms with Crippen LogP contribution < -0.4 is 16.0 Å². The molecule has 1 aliphatic heterocycles. The molecule has 0 aliphatic carbocycles. The number of amides is 1. The van der Waals surface area contributed by atoms with Gasteiger partial charge in [0.25, 0.3) is 0 Å². The quantitative estimate of drug-likeness (QED) is 0.569. The van der Waals surface area contributed by atoms with Crippen molar-refractivity contribution in [3.05, 3.63) is 51.7 Å². The normalized spacial score (nSPS) is 17.0. The lowest BCUT2D eigenvalue weighted by Gasteiger charge is -2.26. The van der Waals surface area contributed by atoms with Crippen molar-refractivity contribution in [2.45, 2.75) is 32.7 Å². The lowest BCUT2D eigenvalue weighted by Crippen LogP contribution is -2.40. The van der Waals surface area contributed by atoms with E-state index in [-0.39, 0.29) is 11.8 Å². The molecule has 0 saturated carbocycles. The lowest BCUT2D eigenvalue weighted by molar-refractivity contribution is -0.116. The summed E-state index contributed by atoms with van der Waals surface area (Å²) in [5, 5.41) is 9.61. The Morgan fingerprint density at radius 3 is 2.88 bits per heavy atom. The molecule has 3 rings (SSSR count). The van der Waals surface area contributed by atoms with Crippen molar-refractivity contribution in [3.63, 3.8) is 0 Å². The van der Waals surface area contributed by atoms with Gasteiger partial charge in [0.1, 0.15) is 0 Å². The Kier molecular flexibility index (Phi) is 5.71. The fourth-order valence-electron chi connectivity index (χ4n) is 2.97. The van der Waals surface area contributed by atoms with Crippen molar-refractivity contribution in [3.8, 4) is 0 Å². The minimum absolute atomic E-state index is 0.0708. The number of para-hydroxylation sites is 1. The number of benzene rings is 1. The number of nitrogens with zero attached hydrogens (tertiary/aromatic N) is 1. The van der Waals surface area contributed by atoms with E-state index in [0.29, 0.717) is 19.5 Å². The van der Waals surface area contributed by atoms with Crippen molar-refractivity contribution in [1.29, 1.82) is 0 Å². The fraction of sp³-hybridized carbons (Fsp3) is 0.368. The Hall–Kier alpha value is -2.34. The summed E-state index contributed by atoms with van der Waals surface area (Å²) in [6, 6.07) is 12.2. The summed E-state index contributed by atoms with van der Waals surface area (Å²) < 4.78 is 0. The minimum Gasteiger partial charge on any atom is -0.357 e. The molecule has 1 aromatic heterocycles. The average Bonchev–Trinajstić information content (AvgIpc) is 3.02. The molecule has 1 atom stereocenters. The van der Waals surface area contributed by atoms with Gasteiger partial charge in [-0.15, -0.1) is 11.3 Å². The number of anilines is 1. The fourth-order valence-corrected chi connectivity index (χ4v) is 3.79. The molecule has 25 heavy (non-hydrogen) atoms. The molecule has 1 amide bonds.